The fraction of sp³-hybridized carbons (Fsp3) is 1.00. The standard InChI is InChI=1S/C37H76/c1-4-7-9-11-13-15-17-18-19-20-21-22-23-25-27-29-31-33-36-37(34-6-3)35-32-30-28-26-24-16-14-12-10-8-5-2/h37H,4-36H2,1-3H3. The van der Waals surface area contributed by atoms with Gasteiger partial charge in [0.15, 0.2) is 0 Å². The van der Waals surface area contributed by atoms with Crippen LogP contribution in [0.1, 0.15) is 233 Å². The number of hydrogen-bond donors (Lipinski definition) is 0. The lowest BCUT2D eigenvalue weighted by Gasteiger charge is -2.16. The topological polar surface area (TPSA) is 0 Å². The first-order valence-electron chi connectivity index (χ1n) is 18.3. The van der Waals surface area contributed by atoms with E-state index in [1.807, 2.05) is 0 Å². The van der Waals surface area contributed by atoms with E-state index in [2.05, 4.69) is 20.8 Å². The molecular weight excluding hydrogens is 444 g/mol. The van der Waals surface area contributed by atoms with Gasteiger partial charge in [0, 0.05) is 0 Å². The molecule has 0 aliphatic heterocycles. The highest BCUT2D eigenvalue weighted by molar-refractivity contribution is 4.61. The summed E-state index contributed by atoms with van der Waals surface area (Å²) in [6, 6.07) is 0. The molecule has 0 spiro atoms. The molecule has 0 saturated heterocycles. The van der Waals surface area contributed by atoms with E-state index in [4.69, 9.17) is 0 Å². The van der Waals surface area contributed by atoms with Crippen LogP contribution in [-0.4, -0.2) is 0 Å². The first-order valence-corrected chi connectivity index (χ1v) is 18.3. The highest BCUT2D eigenvalue weighted by Gasteiger charge is 2.07. The molecule has 0 amide bonds. The van der Waals surface area contributed by atoms with E-state index in [1.165, 1.54) is 212 Å². The highest BCUT2D eigenvalue weighted by atomic mass is 14.1. The smallest absolute Gasteiger partial charge is 0.0414 e. The quantitative estimate of drug-likeness (QED) is 0.0754. The second-order valence-electron chi connectivity index (χ2n) is 12.8. The zero-order valence-electron chi connectivity index (χ0n) is 26.9. The van der Waals surface area contributed by atoms with Gasteiger partial charge < -0.3 is 0 Å². The van der Waals surface area contributed by atoms with Crippen molar-refractivity contribution in [1.82, 2.24) is 0 Å². The third-order valence-electron chi connectivity index (χ3n) is 8.88. The fourth-order valence-corrected chi connectivity index (χ4v) is 6.27. The molecule has 0 aliphatic rings. The molecule has 0 fully saturated rings. The van der Waals surface area contributed by atoms with Gasteiger partial charge in [0.1, 0.15) is 0 Å². The van der Waals surface area contributed by atoms with Crippen LogP contribution in [0.25, 0.3) is 0 Å². The third kappa shape index (κ3) is 32.1. The van der Waals surface area contributed by atoms with Crippen LogP contribution < -0.4 is 0 Å². The van der Waals surface area contributed by atoms with E-state index in [0.29, 0.717) is 0 Å². The number of rotatable bonds is 33. The monoisotopic (exact) mass is 521 g/mol. The molecular formula is C37H76. The summed E-state index contributed by atoms with van der Waals surface area (Å²) in [6.45, 7) is 7.01. The Morgan fingerprint density at radius 1 is 0.216 bits per heavy atom. The van der Waals surface area contributed by atoms with Crippen molar-refractivity contribution >= 4 is 0 Å². The Balaban J connectivity index is 3.34. The predicted molar refractivity (Wildman–Crippen MR) is 173 cm³/mol. The molecule has 1 atom stereocenters. The Morgan fingerprint density at radius 3 is 0.649 bits per heavy atom. The molecule has 0 rings (SSSR count). The van der Waals surface area contributed by atoms with Gasteiger partial charge in [0.25, 0.3) is 0 Å². The van der Waals surface area contributed by atoms with Crippen LogP contribution in [0, 0.1) is 5.92 Å². The van der Waals surface area contributed by atoms with Gasteiger partial charge in [-0.2, -0.15) is 0 Å². The molecule has 0 nitrogen and oxygen atoms in total. The molecule has 0 saturated carbocycles. The first-order chi connectivity index (χ1) is 18.3. The average molecular weight is 521 g/mol. The molecule has 0 bridgehead atoms. The van der Waals surface area contributed by atoms with Gasteiger partial charge in [-0.25, -0.2) is 0 Å². The Kier molecular flexibility index (Phi) is 34.0. The summed E-state index contributed by atoms with van der Waals surface area (Å²) in [7, 11) is 0. The van der Waals surface area contributed by atoms with Gasteiger partial charge in [0.2, 0.25) is 0 Å². The summed E-state index contributed by atoms with van der Waals surface area (Å²) >= 11 is 0. The van der Waals surface area contributed by atoms with Gasteiger partial charge in [0.05, 0.1) is 0 Å². The van der Waals surface area contributed by atoms with Crippen LogP contribution in [0.15, 0.2) is 0 Å². The van der Waals surface area contributed by atoms with Crippen molar-refractivity contribution < 1.29 is 0 Å². The Bertz CT molecular complexity index is 372. The fourth-order valence-electron chi connectivity index (χ4n) is 6.27. The molecule has 0 aromatic carbocycles. The van der Waals surface area contributed by atoms with Crippen LogP contribution in [0.3, 0.4) is 0 Å². The first kappa shape index (κ1) is 37.0. The van der Waals surface area contributed by atoms with E-state index in [1.54, 1.807) is 0 Å². The van der Waals surface area contributed by atoms with Crippen molar-refractivity contribution in [1.29, 1.82) is 0 Å². The summed E-state index contributed by atoms with van der Waals surface area (Å²) < 4.78 is 0. The summed E-state index contributed by atoms with van der Waals surface area (Å²) in [5, 5.41) is 0. The van der Waals surface area contributed by atoms with E-state index >= 15 is 0 Å². The third-order valence-corrected chi connectivity index (χ3v) is 8.88. The normalized spacial score (nSPS) is 12.4. The van der Waals surface area contributed by atoms with Crippen LogP contribution in [0.2, 0.25) is 0 Å². The lowest BCUT2D eigenvalue weighted by atomic mass is 9.90. The zero-order chi connectivity index (χ0) is 26.9. The number of hydrogen-bond acceptors (Lipinski definition) is 0. The van der Waals surface area contributed by atoms with Crippen molar-refractivity contribution in [2.75, 3.05) is 0 Å². The maximum Gasteiger partial charge on any atom is -0.0414 e. The molecule has 0 radical (unpaired) electrons. The van der Waals surface area contributed by atoms with Crippen molar-refractivity contribution in [3.05, 3.63) is 0 Å². The largest absolute Gasteiger partial charge is 0.0654 e. The summed E-state index contributed by atoms with van der Waals surface area (Å²) in [4.78, 5) is 0. The van der Waals surface area contributed by atoms with E-state index < -0.39 is 0 Å². The molecule has 0 N–H and O–H groups in total. The van der Waals surface area contributed by atoms with E-state index in [-0.39, 0.29) is 0 Å². The van der Waals surface area contributed by atoms with Crippen LogP contribution in [-0.2, 0) is 0 Å². The summed E-state index contributed by atoms with van der Waals surface area (Å²) in [5.74, 6) is 1.03. The summed E-state index contributed by atoms with van der Waals surface area (Å²) in [5.41, 5.74) is 0. The highest BCUT2D eigenvalue weighted by Crippen LogP contribution is 2.23. The van der Waals surface area contributed by atoms with Gasteiger partial charge in [-0.1, -0.05) is 233 Å². The van der Waals surface area contributed by atoms with Gasteiger partial charge in [-0.15, -0.1) is 0 Å². The minimum Gasteiger partial charge on any atom is -0.0654 e. The molecule has 1 unspecified atom stereocenters. The van der Waals surface area contributed by atoms with Crippen molar-refractivity contribution in [2.45, 2.75) is 233 Å². The summed E-state index contributed by atoms with van der Waals surface area (Å²) in [6.07, 6.45) is 48.8. The van der Waals surface area contributed by atoms with Gasteiger partial charge in [-0.05, 0) is 5.92 Å². The second kappa shape index (κ2) is 34.0. The zero-order valence-corrected chi connectivity index (χ0v) is 26.9. The Labute approximate surface area is 238 Å². The molecule has 37 heavy (non-hydrogen) atoms. The average Bonchev–Trinajstić information content (AvgIpc) is 2.91. The molecule has 0 heteroatoms. The number of unbranched alkanes of at least 4 members (excludes halogenated alkanes) is 27. The van der Waals surface area contributed by atoms with E-state index in [0.717, 1.165) is 5.92 Å². The maximum absolute atomic E-state index is 2.39. The maximum atomic E-state index is 2.39. The molecule has 0 aromatic rings. The van der Waals surface area contributed by atoms with Crippen molar-refractivity contribution in [3.63, 3.8) is 0 Å². The van der Waals surface area contributed by atoms with E-state index in [9.17, 15) is 0 Å². The SMILES string of the molecule is CCCCCCCCCCCCCCCCCCCCC(CCC)CCCCCCCCCCCCC. The predicted octanol–water partition coefficient (Wildman–Crippen LogP) is 14.5. The van der Waals surface area contributed by atoms with Crippen molar-refractivity contribution in [2.24, 2.45) is 5.92 Å². The Morgan fingerprint density at radius 2 is 0.432 bits per heavy atom. The van der Waals surface area contributed by atoms with Crippen LogP contribution in [0.4, 0.5) is 0 Å². The lowest BCUT2D eigenvalue weighted by Crippen LogP contribution is -2.00. The van der Waals surface area contributed by atoms with Gasteiger partial charge >= 0.3 is 0 Å². The minimum atomic E-state index is 1.03. The van der Waals surface area contributed by atoms with Crippen LogP contribution >= 0.6 is 0 Å². The van der Waals surface area contributed by atoms with Crippen molar-refractivity contribution in [3.8, 4) is 0 Å². The second-order valence-corrected chi connectivity index (χ2v) is 12.8. The molecule has 0 heterocycles. The molecule has 224 valence electrons. The molecule has 0 aromatic heterocycles. The van der Waals surface area contributed by atoms with Gasteiger partial charge in [-0.3, -0.25) is 0 Å². The lowest BCUT2D eigenvalue weighted by molar-refractivity contribution is 0.376. The molecule has 0 aliphatic carbocycles. The minimum absolute atomic E-state index is 1.03. The Hall–Kier alpha value is 0. The van der Waals surface area contributed by atoms with Crippen LogP contribution in [0.5, 0.6) is 0 Å².